The topological polar surface area (TPSA) is 91.4 Å². The molecule has 3 rings (SSSR count). The molecule has 0 aromatic heterocycles. The van der Waals surface area contributed by atoms with Gasteiger partial charge in [-0.1, -0.05) is 12.1 Å². The molecule has 1 N–H and O–H groups in total. The van der Waals surface area contributed by atoms with Crippen LogP contribution in [0.2, 0.25) is 0 Å². The molecule has 2 aliphatic heterocycles. The summed E-state index contributed by atoms with van der Waals surface area (Å²) in [6.07, 6.45) is 0. The van der Waals surface area contributed by atoms with Crippen LogP contribution < -0.4 is 5.32 Å². The molecule has 2 atom stereocenters. The third kappa shape index (κ3) is 5.51. The smallest absolute Gasteiger partial charge is 0.338 e. The average Bonchev–Trinajstić information content (AvgIpc) is 2.77. The number of amides is 3. The molecule has 2 heterocycles. The maximum Gasteiger partial charge on any atom is 0.338 e. The van der Waals surface area contributed by atoms with E-state index in [0.717, 1.165) is 0 Å². The molecule has 180 valence electrons. The minimum atomic E-state index is -0.833. The van der Waals surface area contributed by atoms with Crippen LogP contribution in [0.4, 0.5) is 9.18 Å². The molecule has 0 unspecified atom stereocenters. The van der Waals surface area contributed by atoms with Crippen molar-refractivity contribution in [2.24, 2.45) is 0 Å². The van der Waals surface area contributed by atoms with Gasteiger partial charge in [0.25, 0.3) is 0 Å². The highest BCUT2D eigenvalue weighted by atomic mass is 19.1. The van der Waals surface area contributed by atoms with E-state index in [1.165, 1.54) is 30.2 Å². The fraction of sp³-hybridized carbons (Fsp3) is 0.522. The Hall–Kier alpha value is -2.98. The van der Waals surface area contributed by atoms with Gasteiger partial charge in [-0.3, -0.25) is 14.6 Å². The van der Waals surface area contributed by atoms with Crippen molar-refractivity contribution >= 4 is 17.9 Å². The van der Waals surface area contributed by atoms with Gasteiger partial charge < -0.3 is 19.7 Å². The Morgan fingerprint density at radius 2 is 2.03 bits per heavy atom. The molecular formula is C23H31FN4O5. The Morgan fingerprint density at radius 1 is 1.27 bits per heavy atom. The summed E-state index contributed by atoms with van der Waals surface area (Å²) in [5, 5.41) is 2.79. The van der Waals surface area contributed by atoms with Crippen LogP contribution in [0, 0.1) is 5.82 Å². The van der Waals surface area contributed by atoms with Crippen LogP contribution in [0.25, 0.3) is 0 Å². The number of benzene rings is 1. The van der Waals surface area contributed by atoms with E-state index in [9.17, 15) is 18.8 Å². The number of hydrogen-bond donors (Lipinski definition) is 1. The standard InChI is InChI=1S/C23H31FN4O5/c1-5-33-22(30)20-18(13-27-9-10-28(15(2)12-27)19(29)14-32-4)26(3)23(31)25-21(20)16-7-6-8-17(24)11-16/h6-8,11,15,21H,5,9-10,12-14H2,1-4H3,(H,25,31)/t15-,21-/m1/s1. The number of urea groups is 1. The van der Waals surface area contributed by atoms with Gasteiger partial charge in [0.05, 0.1) is 18.2 Å². The number of hydrogen-bond acceptors (Lipinski definition) is 6. The van der Waals surface area contributed by atoms with Crippen LogP contribution in [0.3, 0.4) is 0 Å². The zero-order chi connectivity index (χ0) is 24.1. The van der Waals surface area contributed by atoms with E-state index in [0.29, 0.717) is 37.4 Å². The van der Waals surface area contributed by atoms with Crippen LogP contribution in [-0.2, 0) is 19.1 Å². The van der Waals surface area contributed by atoms with Crippen LogP contribution in [-0.4, -0.2) is 92.2 Å². The lowest BCUT2D eigenvalue weighted by molar-refractivity contribution is -0.139. The molecule has 1 aromatic rings. The molecule has 1 aromatic carbocycles. The minimum absolute atomic E-state index is 0.0285. The summed E-state index contributed by atoms with van der Waals surface area (Å²) in [7, 11) is 3.08. The molecule has 2 aliphatic rings. The fourth-order valence-corrected chi connectivity index (χ4v) is 4.30. The van der Waals surface area contributed by atoms with Gasteiger partial charge in [0.15, 0.2) is 0 Å². The Labute approximate surface area is 193 Å². The maximum absolute atomic E-state index is 13.9. The SMILES string of the molecule is CCOC(=O)C1=C(CN2CCN(C(=O)COC)[C@H](C)C2)N(C)C(=O)N[C@@H]1c1cccc(F)c1. The van der Waals surface area contributed by atoms with Gasteiger partial charge in [-0.2, -0.15) is 0 Å². The van der Waals surface area contributed by atoms with Crippen molar-refractivity contribution in [3.63, 3.8) is 0 Å². The van der Waals surface area contributed by atoms with Crippen molar-refractivity contribution in [1.82, 2.24) is 20.0 Å². The Balaban J connectivity index is 1.93. The summed E-state index contributed by atoms with van der Waals surface area (Å²) in [5.41, 5.74) is 1.23. The predicted octanol–water partition coefficient (Wildman–Crippen LogP) is 1.52. The third-order valence-electron chi connectivity index (χ3n) is 5.93. The van der Waals surface area contributed by atoms with E-state index < -0.39 is 23.9 Å². The second kappa shape index (κ2) is 10.8. The van der Waals surface area contributed by atoms with Gasteiger partial charge in [-0.25, -0.2) is 14.0 Å². The lowest BCUT2D eigenvalue weighted by Gasteiger charge is -2.42. The lowest BCUT2D eigenvalue weighted by atomic mass is 9.94. The number of likely N-dealkylation sites (N-methyl/N-ethyl adjacent to an activating group) is 1. The fourth-order valence-electron chi connectivity index (χ4n) is 4.30. The highest BCUT2D eigenvalue weighted by Crippen LogP contribution is 2.32. The monoisotopic (exact) mass is 462 g/mol. The summed E-state index contributed by atoms with van der Waals surface area (Å²) in [5.74, 6) is -1.09. The number of nitrogens with zero attached hydrogens (tertiary/aromatic N) is 3. The number of nitrogens with one attached hydrogen (secondary N) is 1. The summed E-state index contributed by atoms with van der Waals surface area (Å²) in [4.78, 5) is 43.3. The Kier molecular flexibility index (Phi) is 8.04. The van der Waals surface area contributed by atoms with Gasteiger partial charge in [-0.15, -0.1) is 0 Å². The normalized spacial score (nSPS) is 21.8. The number of carbonyl (C=O) groups excluding carboxylic acids is 3. The number of piperazine rings is 1. The van der Waals surface area contributed by atoms with Crippen molar-refractivity contribution in [2.45, 2.75) is 25.9 Å². The third-order valence-corrected chi connectivity index (χ3v) is 5.93. The quantitative estimate of drug-likeness (QED) is 0.618. The number of rotatable bonds is 7. The zero-order valence-electron chi connectivity index (χ0n) is 19.5. The second-order valence-corrected chi connectivity index (χ2v) is 8.18. The van der Waals surface area contributed by atoms with Crippen molar-refractivity contribution < 1.29 is 28.2 Å². The van der Waals surface area contributed by atoms with E-state index in [2.05, 4.69) is 10.2 Å². The summed E-state index contributed by atoms with van der Waals surface area (Å²) in [6, 6.07) is 4.52. The van der Waals surface area contributed by atoms with Gasteiger partial charge in [0.1, 0.15) is 12.4 Å². The first-order chi connectivity index (χ1) is 15.8. The maximum atomic E-state index is 13.9. The highest BCUT2D eigenvalue weighted by Gasteiger charge is 2.38. The number of carbonyl (C=O) groups is 3. The molecule has 33 heavy (non-hydrogen) atoms. The van der Waals surface area contributed by atoms with Gasteiger partial charge in [0, 0.05) is 52.1 Å². The van der Waals surface area contributed by atoms with Crippen LogP contribution in [0.15, 0.2) is 35.5 Å². The molecule has 1 saturated heterocycles. The van der Waals surface area contributed by atoms with Crippen molar-refractivity contribution in [3.05, 3.63) is 46.9 Å². The second-order valence-electron chi connectivity index (χ2n) is 8.18. The van der Waals surface area contributed by atoms with Crippen molar-refractivity contribution in [3.8, 4) is 0 Å². The molecule has 0 radical (unpaired) electrons. The van der Waals surface area contributed by atoms with E-state index in [-0.39, 0.29) is 30.7 Å². The first kappa shape index (κ1) is 24.7. The van der Waals surface area contributed by atoms with E-state index in [1.807, 2.05) is 6.92 Å². The van der Waals surface area contributed by atoms with Gasteiger partial charge in [-0.05, 0) is 31.5 Å². The van der Waals surface area contributed by atoms with Crippen LogP contribution >= 0.6 is 0 Å². The molecule has 0 saturated carbocycles. The summed E-state index contributed by atoms with van der Waals surface area (Å²) in [6.45, 7) is 5.80. The van der Waals surface area contributed by atoms with Crippen molar-refractivity contribution in [2.75, 3.05) is 53.6 Å². The summed E-state index contributed by atoms with van der Waals surface area (Å²) >= 11 is 0. The summed E-state index contributed by atoms with van der Waals surface area (Å²) < 4.78 is 24.2. The first-order valence-corrected chi connectivity index (χ1v) is 11.0. The molecule has 0 spiro atoms. The lowest BCUT2D eigenvalue weighted by Crippen LogP contribution is -2.56. The van der Waals surface area contributed by atoms with Crippen molar-refractivity contribution in [1.29, 1.82) is 0 Å². The van der Waals surface area contributed by atoms with E-state index >= 15 is 0 Å². The van der Waals surface area contributed by atoms with E-state index in [1.54, 1.807) is 24.9 Å². The zero-order valence-corrected chi connectivity index (χ0v) is 19.5. The highest BCUT2D eigenvalue weighted by molar-refractivity contribution is 5.95. The number of ether oxygens (including phenoxy) is 2. The Bertz CT molecular complexity index is 937. The molecule has 9 nitrogen and oxygen atoms in total. The number of methoxy groups -OCH3 is 1. The van der Waals surface area contributed by atoms with Gasteiger partial charge >= 0.3 is 12.0 Å². The number of esters is 1. The molecule has 0 aliphatic carbocycles. The molecule has 3 amide bonds. The molecular weight excluding hydrogens is 431 g/mol. The van der Waals surface area contributed by atoms with Crippen LogP contribution in [0.1, 0.15) is 25.5 Å². The first-order valence-electron chi connectivity index (χ1n) is 11.0. The predicted molar refractivity (Wildman–Crippen MR) is 119 cm³/mol. The van der Waals surface area contributed by atoms with E-state index in [4.69, 9.17) is 9.47 Å². The Morgan fingerprint density at radius 3 is 2.67 bits per heavy atom. The number of halogens is 1. The minimum Gasteiger partial charge on any atom is -0.463 e. The molecule has 0 bridgehead atoms. The largest absolute Gasteiger partial charge is 0.463 e. The van der Waals surface area contributed by atoms with Crippen LogP contribution in [0.5, 0.6) is 0 Å². The molecule has 10 heteroatoms. The average molecular weight is 463 g/mol. The van der Waals surface area contributed by atoms with Gasteiger partial charge in [0.2, 0.25) is 5.91 Å². The molecule has 1 fully saturated rings.